The molecule has 3 rings (SSSR count). The highest BCUT2D eigenvalue weighted by Crippen LogP contribution is 2.33. The van der Waals surface area contributed by atoms with Gasteiger partial charge in [0.1, 0.15) is 9.22 Å². The van der Waals surface area contributed by atoms with E-state index in [-0.39, 0.29) is 22.3 Å². The van der Waals surface area contributed by atoms with Crippen LogP contribution in [0.3, 0.4) is 0 Å². The zero-order chi connectivity index (χ0) is 20.3. The third-order valence-corrected chi connectivity index (χ3v) is 6.13. The quantitative estimate of drug-likeness (QED) is 0.421. The Morgan fingerprint density at radius 1 is 1.14 bits per heavy atom. The summed E-state index contributed by atoms with van der Waals surface area (Å²) in [7, 11) is -4.00. The largest absolute Gasteiger partial charge is 0.490 e. The second-order valence-corrected chi connectivity index (χ2v) is 9.11. The van der Waals surface area contributed by atoms with Gasteiger partial charge in [-0.1, -0.05) is 47.7 Å². The summed E-state index contributed by atoms with van der Waals surface area (Å²) in [6.45, 7) is 3.97. The monoisotopic (exact) mass is 435 g/mol. The third kappa shape index (κ3) is 4.73. The van der Waals surface area contributed by atoms with E-state index in [2.05, 4.69) is 5.32 Å². The van der Waals surface area contributed by atoms with Crippen molar-refractivity contribution in [3.63, 3.8) is 0 Å². The molecule has 146 valence electrons. The first-order valence-corrected chi connectivity index (χ1v) is 10.9. The van der Waals surface area contributed by atoms with E-state index in [4.69, 9.17) is 21.1 Å². The molecule has 0 saturated carbocycles. The zero-order valence-corrected chi connectivity index (χ0v) is 17.5. The number of rotatable bonds is 6. The second kappa shape index (κ2) is 8.34. The molecule has 6 nitrogen and oxygen atoms in total. The van der Waals surface area contributed by atoms with Gasteiger partial charge >= 0.3 is 10.1 Å². The van der Waals surface area contributed by atoms with Crippen LogP contribution in [0, 0.1) is 6.92 Å². The lowest BCUT2D eigenvalue weighted by Crippen LogP contribution is -2.17. The molecule has 0 aromatic heterocycles. The molecule has 0 unspecified atom stereocenters. The van der Waals surface area contributed by atoms with E-state index in [1.54, 1.807) is 37.3 Å². The number of hydrogen-bond acceptors (Lipinski definition) is 7. The number of carbonyl (C=O) groups excluding carboxylic acids is 1. The molecule has 0 bridgehead atoms. The van der Waals surface area contributed by atoms with Gasteiger partial charge in [0.05, 0.1) is 11.5 Å². The highest BCUT2D eigenvalue weighted by atomic mass is 32.2. The van der Waals surface area contributed by atoms with Crippen LogP contribution in [0.4, 0.5) is 0 Å². The van der Waals surface area contributed by atoms with Crippen molar-refractivity contribution in [1.82, 2.24) is 5.32 Å². The Balaban J connectivity index is 1.91. The van der Waals surface area contributed by atoms with Crippen LogP contribution in [0.25, 0.3) is 6.08 Å². The van der Waals surface area contributed by atoms with Crippen LogP contribution >= 0.6 is 24.0 Å². The standard InChI is InChI=1S/C19H17NO5S3/c1-3-24-16-10-13(11-17-18(21)20-19(26)27-17)6-9-15(16)25-28(22,23)14-7-4-12(2)5-8-14/h4-11H,3H2,1-2H3,(H,20,21,26)/b17-11+. The van der Waals surface area contributed by atoms with Gasteiger partial charge in [-0.05, 0) is 49.8 Å². The average Bonchev–Trinajstić information content (AvgIpc) is 2.95. The summed E-state index contributed by atoms with van der Waals surface area (Å²) >= 11 is 6.13. The molecule has 1 N–H and O–H groups in total. The van der Waals surface area contributed by atoms with Crippen LogP contribution in [0.5, 0.6) is 11.5 Å². The third-order valence-electron chi connectivity index (χ3n) is 3.72. The summed E-state index contributed by atoms with van der Waals surface area (Å²) in [5.41, 5.74) is 1.60. The molecular formula is C19H17NO5S3. The Labute approximate surface area is 173 Å². The lowest BCUT2D eigenvalue weighted by Gasteiger charge is -2.13. The van der Waals surface area contributed by atoms with Gasteiger partial charge < -0.3 is 14.2 Å². The van der Waals surface area contributed by atoms with E-state index in [1.807, 2.05) is 6.92 Å². The Morgan fingerprint density at radius 2 is 1.86 bits per heavy atom. The number of thiocarbonyl (C=S) groups is 1. The normalized spacial score (nSPS) is 15.6. The molecule has 0 aliphatic carbocycles. The van der Waals surface area contributed by atoms with E-state index in [1.165, 1.54) is 18.2 Å². The van der Waals surface area contributed by atoms with Crippen LogP contribution in [0.15, 0.2) is 52.3 Å². The summed E-state index contributed by atoms with van der Waals surface area (Å²) in [5.74, 6) is 0.0670. The zero-order valence-electron chi connectivity index (χ0n) is 15.1. The van der Waals surface area contributed by atoms with E-state index in [0.29, 0.717) is 21.4 Å². The average molecular weight is 436 g/mol. The van der Waals surface area contributed by atoms with E-state index in [9.17, 15) is 13.2 Å². The second-order valence-electron chi connectivity index (χ2n) is 5.84. The summed E-state index contributed by atoms with van der Waals surface area (Å²) in [4.78, 5) is 12.3. The number of hydrogen-bond donors (Lipinski definition) is 1. The van der Waals surface area contributed by atoms with Gasteiger partial charge in [-0.2, -0.15) is 8.42 Å². The fraction of sp³-hybridized carbons (Fsp3) is 0.158. The van der Waals surface area contributed by atoms with Gasteiger partial charge in [0.2, 0.25) is 0 Å². The number of benzene rings is 2. The van der Waals surface area contributed by atoms with Crippen molar-refractivity contribution < 1.29 is 22.1 Å². The van der Waals surface area contributed by atoms with Gasteiger partial charge in [0, 0.05) is 0 Å². The molecule has 1 aliphatic rings. The molecule has 28 heavy (non-hydrogen) atoms. The maximum Gasteiger partial charge on any atom is 0.339 e. The van der Waals surface area contributed by atoms with Crippen LogP contribution < -0.4 is 14.2 Å². The summed E-state index contributed by atoms with van der Waals surface area (Å²) in [6.07, 6.45) is 1.65. The van der Waals surface area contributed by atoms with Crippen molar-refractivity contribution in [1.29, 1.82) is 0 Å². The number of thioether (sulfide) groups is 1. The summed E-state index contributed by atoms with van der Waals surface area (Å²) in [6, 6.07) is 11.1. The smallest absolute Gasteiger partial charge is 0.339 e. The Morgan fingerprint density at radius 3 is 2.46 bits per heavy atom. The molecule has 9 heteroatoms. The maximum atomic E-state index is 12.6. The van der Waals surface area contributed by atoms with E-state index in [0.717, 1.165) is 17.3 Å². The SMILES string of the molecule is CCOc1cc(/C=C2/SC(=S)NC2=O)ccc1OS(=O)(=O)c1ccc(C)cc1. The molecule has 1 amide bonds. The molecule has 0 atom stereocenters. The number of amides is 1. The fourth-order valence-electron chi connectivity index (χ4n) is 2.40. The number of carbonyl (C=O) groups is 1. The number of ether oxygens (including phenoxy) is 1. The molecule has 0 radical (unpaired) electrons. The van der Waals surface area contributed by atoms with E-state index >= 15 is 0 Å². The van der Waals surface area contributed by atoms with Crippen molar-refractivity contribution >= 4 is 50.4 Å². The molecule has 2 aromatic rings. The lowest BCUT2D eigenvalue weighted by atomic mass is 10.2. The van der Waals surface area contributed by atoms with Gasteiger partial charge in [0.25, 0.3) is 5.91 Å². The lowest BCUT2D eigenvalue weighted by molar-refractivity contribution is -0.115. The minimum absolute atomic E-state index is 0.0549. The fourth-order valence-corrected chi connectivity index (χ4v) is 4.38. The summed E-state index contributed by atoms with van der Waals surface area (Å²) < 4.78 is 36.3. The predicted molar refractivity (Wildman–Crippen MR) is 113 cm³/mol. The van der Waals surface area contributed by atoms with Crippen LogP contribution in [0.2, 0.25) is 0 Å². The van der Waals surface area contributed by atoms with Crippen molar-refractivity contribution in [3.05, 3.63) is 58.5 Å². The number of nitrogens with one attached hydrogen (secondary N) is 1. The van der Waals surface area contributed by atoms with Gasteiger partial charge in [0.15, 0.2) is 11.5 Å². The van der Waals surface area contributed by atoms with Gasteiger partial charge in [-0.15, -0.1) is 0 Å². The molecule has 0 spiro atoms. The number of aryl methyl sites for hydroxylation is 1. The van der Waals surface area contributed by atoms with Crippen LogP contribution in [-0.2, 0) is 14.9 Å². The van der Waals surface area contributed by atoms with Crippen molar-refractivity contribution in [2.75, 3.05) is 6.61 Å². The van der Waals surface area contributed by atoms with Gasteiger partial charge in [-0.25, -0.2) is 0 Å². The molecule has 2 aromatic carbocycles. The molecular weight excluding hydrogens is 418 g/mol. The van der Waals surface area contributed by atoms with E-state index < -0.39 is 10.1 Å². The Kier molecular flexibility index (Phi) is 6.07. The molecule has 1 aliphatic heterocycles. The van der Waals surface area contributed by atoms with Crippen molar-refractivity contribution in [2.24, 2.45) is 0 Å². The highest BCUT2D eigenvalue weighted by molar-refractivity contribution is 8.26. The minimum atomic E-state index is -4.00. The van der Waals surface area contributed by atoms with Crippen LogP contribution in [0.1, 0.15) is 18.1 Å². The van der Waals surface area contributed by atoms with Crippen molar-refractivity contribution in [2.45, 2.75) is 18.7 Å². The minimum Gasteiger partial charge on any atom is -0.490 e. The Hall–Kier alpha value is -2.36. The molecule has 1 fully saturated rings. The first-order valence-electron chi connectivity index (χ1n) is 8.31. The Bertz CT molecular complexity index is 1060. The molecule has 1 heterocycles. The molecule has 1 saturated heterocycles. The topological polar surface area (TPSA) is 81.7 Å². The first-order chi connectivity index (χ1) is 13.3. The summed E-state index contributed by atoms with van der Waals surface area (Å²) in [5, 5.41) is 2.54. The van der Waals surface area contributed by atoms with Crippen molar-refractivity contribution in [3.8, 4) is 11.5 Å². The predicted octanol–water partition coefficient (Wildman–Crippen LogP) is 3.65. The first kappa shape index (κ1) is 20.4. The maximum absolute atomic E-state index is 12.6. The van der Waals surface area contributed by atoms with Crippen LogP contribution in [-0.4, -0.2) is 25.3 Å². The van der Waals surface area contributed by atoms with Gasteiger partial charge in [-0.3, -0.25) is 4.79 Å². The highest BCUT2D eigenvalue weighted by Gasteiger charge is 2.23.